The lowest BCUT2D eigenvalue weighted by atomic mass is 10.2. The number of hydrogen-bond acceptors (Lipinski definition) is 4. The zero-order valence-corrected chi connectivity index (χ0v) is 19.7. The molecule has 0 bridgehead atoms. The second kappa shape index (κ2) is 11.1. The van der Waals surface area contributed by atoms with E-state index in [0.29, 0.717) is 35.4 Å². The molecule has 0 aliphatic carbocycles. The molecular formula is C24H24BrClN2O3. The van der Waals surface area contributed by atoms with Crippen molar-refractivity contribution in [3.63, 3.8) is 0 Å². The highest BCUT2D eigenvalue weighted by atomic mass is 79.9. The van der Waals surface area contributed by atoms with Crippen LogP contribution in [0.4, 0.5) is 11.4 Å². The molecule has 3 aromatic rings. The van der Waals surface area contributed by atoms with Gasteiger partial charge in [0.25, 0.3) is 5.91 Å². The summed E-state index contributed by atoms with van der Waals surface area (Å²) in [6.07, 6.45) is 0. The highest BCUT2D eigenvalue weighted by molar-refractivity contribution is 9.10. The molecule has 0 saturated heterocycles. The van der Waals surface area contributed by atoms with E-state index < -0.39 is 0 Å². The first kappa shape index (κ1) is 23.0. The van der Waals surface area contributed by atoms with Crippen molar-refractivity contribution >= 4 is 44.8 Å². The molecule has 0 spiro atoms. The average molecular weight is 504 g/mol. The number of carbonyl (C=O) groups is 1. The maximum atomic E-state index is 12.3. The lowest BCUT2D eigenvalue weighted by Crippen LogP contribution is -2.21. The molecular weight excluding hydrogens is 480 g/mol. The van der Waals surface area contributed by atoms with E-state index in [4.69, 9.17) is 21.1 Å². The van der Waals surface area contributed by atoms with Crippen molar-refractivity contribution in [1.82, 2.24) is 0 Å². The molecule has 3 aromatic carbocycles. The second-order valence-corrected chi connectivity index (χ2v) is 8.22. The molecule has 3 rings (SSSR count). The number of benzene rings is 3. The molecule has 0 saturated carbocycles. The first-order chi connectivity index (χ1) is 14.9. The largest absolute Gasteiger partial charge is 0.490 e. The van der Waals surface area contributed by atoms with Crippen molar-refractivity contribution in [3.8, 4) is 11.5 Å². The zero-order chi connectivity index (χ0) is 22.2. The Labute approximate surface area is 195 Å². The van der Waals surface area contributed by atoms with Crippen LogP contribution in [0.3, 0.4) is 0 Å². The molecule has 7 heteroatoms. The van der Waals surface area contributed by atoms with E-state index in [2.05, 4.69) is 26.6 Å². The van der Waals surface area contributed by atoms with Gasteiger partial charge < -0.3 is 20.1 Å². The van der Waals surface area contributed by atoms with Gasteiger partial charge in [0.1, 0.15) is 0 Å². The van der Waals surface area contributed by atoms with Gasteiger partial charge in [0.2, 0.25) is 0 Å². The summed E-state index contributed by atoms with van der Waals surface area (Å²) < 4.78 is 12.5. The average Bonchev–Trinajstić information content (AvgIpc) is 2.75. The van der Waals surface area contributed by atoms with E-state index in [1.165, 1.54) is 0 Å². The van der Waals surface area contributed by atoms with Gasteiger partial charge in [-0.3, -0.25) is 4.79 Å². The summed E-state index contributed by atoms with van der Waals surface area (Å²) in [5, 5.41) is 6.76. The number of carbonyl (C=O) groups excluding carboxylic acids is 1. The van der Waals surface area contributed by atoms with Gasteiger partial charge in [-0.15, -0.1) is 0 Å². The number of rotatable bonds is 9. The van der Waals surface area contributed by atoms with Crippen molar-refractivity contribution in [2.75, 3.05) is 23.8 Å². The van der Waals surface area contributed by atoms with E-state index in [0.717, 1.165) is 21.3 Å². The number of anilines is 2. The lowest BCUT2D eigenvalue weighted by Gasteiger charge is -2.14. The molecule has 0 atom stereocenters. The van der Waals surface area contributed by atoms with Crippen LogP contribution in [0.1, 0.15) is 18.1 Å². The predicted molar refractivity (Wildman–Crippen MR) is 129 cm³/mol. The maximum absolute atomic E-state index is 12.3. The minimum Gasteiger partial charge on any atom is -0.490 e. The summed E-state index contributed by atoms with van der Waals surface area (Å²) in [6.45, 7) is 4.80. The summed E-state index contributed by atoms with van der Waals surface area (Å²) in [5.74, 6) is 0.852. The molecule has 31 heavy (non-hydrogen) atoms. The fourth-order valence-corrected chi connectivity index (χ4v) is 3.32. The topological polar surface area (TPSA) is 59.6 Å². The van der Waals surface area contributed by atoms with Crippen molar-refractivity contribution in [1.29, 1.82) is 0 Å². The number of aryl methyl sites for hydroxylation is 1. The first-order valence-corrected chi connectivity index (χ1v) is 11.1. The molecule has 0 radical (unpaired) electrons. The molecule has 0 aromatic heterocycles. The number of hydrogen-bond donors (Lipinski definition) is 2. The second-order valence-electron chi connectivity index (χ2n) is 6.87. The normalized spacial score (nSPS) is 10.5. The van der Waals surface area contributed by atoms with E-state index in [1.54, 1.807) is 12.1 Å². The smallest absolute Gasteiger partial charge is 0.262 e. The van der Waals surface area contributed by atoms with Crippen LogP contribution in [-0.2, 0) is 11.3 Å². The number of nitrogens with one attached hydrogen (secondary N) is 2. The van der Waals surface area contributed by atoms with E-state index in [-0.39, 0.29) is 12.5 Å². The number of halogens is 2. The quantitative estimate of drug-likeness (QED) is 0.353. The molecule has 2 N–H and O–H groups in total. The van der Waals surface area contributed by atoms with Gasteiger partial charge in [-0.1, -0.05) is 39.7 Å². The Morgan fingerprint density at radius 1 is 1.00 bits per heavy atom. The summed E-state index contributed by atoms with van der Waals surface area (Å²) in [5.41, 5.74) is 3.66. The van der Waals surface area contributed by atoms with Gasteiger partial charge in [-0.05, 0) is 73.5 Å². The molecule has 1 amide bonds. The summed E-state index contributed by atoms with van der Waals surface area (Å²) >= 11 is 9.44. The summed E-state index contributed by atoms with van der Waals surface area (Å²) in [4.78, 5) is 12.3. The molecule has 0 heterocycles. The van der Waals surface area contributed by atoms with Crippen LogP contribution >= 0.6 is 27.5 Å². The highest BCUT2D eigenvalue weighted by Gasteiger charge is 2.11. The van der Waals surface area contributed by atoms with Gasteiger partial charge in [0.05, 0.1) is 6.61 Å². The Bertz CT molecular complexity index is 1040. The lowest BCUT2D eigenvalue weighted by molar-refractivity contribution is -0.118. The van der Waals surface area contributed by atoms with Crippen molar-refractivity contribution in [2.45, 2.75) is 20.4 Å². The van der Waals surface area contributed by atoms with Crippen LogP contribution < -0.4 is 20.1 Å². The fourth-order valence-electron chi connectivity index (χ4n) is 2.88. The molecule has 5 nitrogen and oxygen atoms in total. The highest BCUT2D eigenvalue weighted by Crippen LogP contribution is 2.29. The first-order valence-electron chi connectivity index (χ1n) is 9.88. The third kappa shape index (κ3) is 6.91. The Kier molecular flexibility index (Phi) is 8.20. The van der Waals surface area contributed by atoms with Crippen molar-refractivity contribution < 1.29 is 14.3 Å². The van der Waals surface area contributed by atoms with Crippen LogP contribution in [0.2, 0.25) is 5.02 Å². The van der Waals surface area contributed by atoms with Gasteiger partial charge >= 0.3 is 0 Å². The van der Waals surface area contributed by atoms with E-state index >= 15 is 0 Å². The van der Waals surface area contributed by atoms with Crippen LogP contribution in [0.5, 0.6) is 11.5 Å². The van der Waals surface area contributed by atoms with Crippen molar-refractivity contribution in [2.24, 2.45) is 0 Å². The van der Waals surface area contributed by atoms with Crippen LogP contribution in [0.15, 0.2) is 65.1 Å². The molecule has 0 unspecified atom stereocenters. The summed E-state index contributed by atoms with van der Waals surface area (Å²) in [7, 11) is 0. The third-order valence-corrected chi connectivity index (χ3v) is 5.25. The summed E-state index contributed by atoms with van der Waals surface area (Å²) in [6, 6.07) is 19.0. The molecule has 0 fully saturated rings. The van der Waals surface area contributed by atoms with E-state index in [9.17, 15) is 4.79 Å². The number of amides is 1. The van der Waals surface area contributed by atoms with E-state index in [1.807, 2.05) is 62.4 Å². The fraction of sp³-hybridized carbons (Fsp3) is 0.208. The van der Waals surface area contributed by atoms with Gasteiger partial charge in [0, 0.05) is 27.4 Å². The molecule has 162 valence electrons. The van der Waals surface area contributed by atoms with Gasteiger partial charge in [0.15, 0.2) is 18.1 Å². The monoisotopic (exact) mass is 502 g/mol. The number of ether oxygens (including phenoxy) is 2. The predicted octanol–water partition coefficient (Wildman–Crippen LogP) is 6.44. The minimum atomic E-state index is -0.270. The Morgan fingerprint density at radius 3 is 2.52 bits per heavy atom. The minimum absolute atomic E-state index is 0.136. The Hall–Kier alpha value is -2.70. The van der Waals surface area contributed by atoms with Gasteiger partial charge in [-0.25, -0.2) is 0 Å². The maximum Gasteiger partial charge on any atom is 0.262 e. The SMILES string of the molecule is CCOc1cc(CNc2ccc(Br)cc2)ccc1OCC(=O)Nc1cc(Cl)ccc1C. The molecule has 0 aliphatic rings. The third-order valence-electron chi connectivity index (χ3n) is 4.48. The van der Waals surface area contributed by atoms with Crippen LogP contribution in [0.25, 0.3) is 0 Å². The van der Waals surface area contributed by atoms with Crippen LogP contribution in [0, 0.1) is 6.92 Å². The zero-order valence-electron chi connectivity index (χ0n) is 17.4. The standard InChI is InChI=1S/C24H24BrClN2O3/c1-3-30-23-12-17(14-27-20-9-6-18(25)7-10-20)5-11-22(23)31-15-24(29)28-21-13-19(26)8-4-16(21)2/h4-13,27H,3,14-15H2,1-2H3,(H,28,29). The van der Waals surface area contributed by atoms with Crippen molar-refractivity contribution in [3.05, 3.63) is 81.3 Å². The van der Waals surface area contributed by atoms with Gasteiger partial charge in [-0.2, -0.15) is 0 Å². The molecule has 0 aliphatic heterocycles. The van der Waals surface area contributed by atoms with Crippen LogP contribution in [-0.4, -0.2) is 19.1 Å². The Morgan fingerprint density at radius 2 is 1.77 bits per heavy atom. The Balaban J connectivity index is 1.61.